The summed E-state index contributed by atoms with van der Waals surface area (Å²) in [5.74, 6) is -0.812. The molecule has 0 bridgehead atoms. The van der Waals surface area contributed by atoms with E-state index in [9.17, 15) is 27.5 Å². The van der Waals surface area contributed by atoms with E-state index in [2.05, 4.69) is 0 Å². The Morgan fingerprint density at radius 3 is 2.17 bits per heavy atom. The molecule has 30 heavy (non-hydrogen) atoms. The highest BCUT2D eigenvalue weighted by atomic mass is 19.4. The molecule has 7 heteroatoms. The second-order valence-corrected chi connectivity index (χ2v) is 6.87. The number of carbonyl (C=O) groups excluding carboxylic acids is 1. The second kappa shape index (κ2) is 8.18. The van der Waals surface area contributed by atoms with Gasteiger partial charge in [0.2, 0.25) is 0 Å². The molecule has 0 saturated heterocycles. The van der Waals surface area contributed by atoms with Crippen LogP contribution in [0.2, 0.25) is 0 Å². The van der Waals surface area contributed by atoms with Gasteiger partial charge in [-0.1, -0.05) is 18.2 Å². The van der Waals surface area contributed by atoms with E-state index in [4.69, 9.17) is 4.74 Å². The Bertz CT molecular complexity index is 1070. The minimum Gasteiger partial charge on any atom is -0.508 e. The molecule has 0 heterocycles. The van der Waals surface area contributed by atoms with Gasteiger partial charge in [0.1, 0.15) is 17.3 Å². The molecule has 0 saturated carbocycles. The van der Waals surface area contributed by atoms with Gasteiger partial charge in [0.25, 0.3) is 0 Å². The van der Waals surface area contributed by atoms with Crippen LogP contribution in [0.5, 0.6) is 11.5 Å². The zero-order valence-corrected chi connectivity index (χ0v) is 16.1. The van der Waals surface area contributed by atoms with Crippen molar-refractivity contribution in [2.45, 2.75) is 26.1 Å². The van der Waals surface area contributed by atoms with Gasteiger partial charge in [-0.3, -0.25) is 4.79 Å². The fourth-order valence-electron chi connectivity index (χ4n) is 2.98. The number of phenolic OH excluding ortho intramolecular Hbond substituents is 1. The smallest absolute Gasteiger partial charge is 0.416 e. The first kappa shape index (κ1) is 21.4. The number of carbonyl (C=O) groups is 1. The average molecular weight is 418 g/mol. The molecular formula is C23H18F4O3. The Labute approximate surface area is 170 Å². The Balaban J connectivity index is 1.97. The minimum absolute atomic E-state index is 0.0365. The lowest BCUT2D eigenvalue weighted by atomic mass is 9.97. The van der Waals surface area contributed by atoms with Gasteiger partial charge in [0.05, 0.1) is 5.56 Å². The highest BCUT2D eigenvalue weighted by Crippen LogP contribution is 2.33. The number of ketones is 1. The number of alkyl halides is 3. The third-order valence-corrected chi connectivity index (χ3v) is 4.62. The van der Waals surface area contributed by atoms with E-state index in [-0.39, 0.29) is 17.1 Å². The van der Waals surface area contributed by atoms with E-state index in [0.29, 0.717) is 16.7 Å². The summed E-state index contributed by atoms with van der Waals surface area (Å²) in [4.78, 5) is 12.2. The van der Waals surface area contributed by atoms with Crippen LogP contribution in [0.1, 0.15) is 29.7 Å². The standard InChI is InChI=1S/C23H18F4O3/c1-13-11-18(8-10-21(13)29)30-22(14(2)28)19-12-16(5-9-20(19)24)15-3-6-17(7-4-15)23(25,26)27/h3-12,22,29H,1-2H3. The van der Waals surface area contributed by atoms with Crippen molar-refractivity contribution in [3.05, 3.63) is 83.2 Å². The van der Waals surface area contributed by atoms with Gasteiger partial charge in [0, 0.05) is 5.56 Å². The second-order valence-electron chi connectivity index (χ2n) is 6.87. The maximum absolute atomic E-state index is 14.5. The van der Waals surface area contributed by atoms with Crippen LogP contribution in [0.15, 0.2) is 60.7 Å². The van der Waals surface area contributed by atoms with Crippen molar-refractivity contribution >= 4 is 5.78 Å². The molecule has 0 fully saturated rings. The van der Waals surface area contributed by atoms with E-state index in [0.717, 1.165) is 18.2 Å². The molecule has 0 aliphatic rings. The molecule has 3 rings (SSSR count). The first-order valence-electron chi connectivity index (χ1n) is 9.00. The molecule has 0 radical (unpaired) electrons. The van der Waals surface area contributed by atoms with Gasteiger partial charge in [-0.15, -0.1) is 0 Å². The number of rotatable bonds is 5. The molecule has 0 aliphatic heterocycles. The van der Waals surface area contributed by atoms with Crippen LogP contribution in [-0.4, -0.2) is 10.9 Å². The van der Waals surface area contributed by atoms with Crippen molar-refractivity contribution in [1.82, 2.24) is 0 Å². The van der Waals surface area contributed by atoms with Crippen LogP contribution in [-0.2, 0) is 11.0 Å². The molecule has 0 aliphatic carbocycles. The van der Waals surface area contributed by atoms with Crippen LogP contribution in [0, 0.1) is 12.7 Å². The SMILES string of the molecule is CC(=O)C(Oc1ccc(O)c(C)c1)c1cc(-c2ccc(C(F)(F)F)cc2)ccc1F. The Morgan fingerprint density at radius 1 is 0.967 bits per heavy atom. The fraction of sp³-hybridized carbons (Fsp3) is 0.174. The van der Waals surface area contributed by atoms with Crippen LogP contribution in [0.25, 0.3) is 11.1 Å². The molecule has 0 aromatic heterocycles. The number of Topliss-reactive ketones (excluding diaryl/α,β-unsaturated/α-hetero) is 1. The Morgan fingerprint density at radius 2 is 1.60 bits per heavy atom. The van der Waals surface area contributed by atoms with Gasteiger partial charge in [-0.25, -0.2) is 4.39 Å². The summed E-state index contributed by atoms with van der Waals surface area (Å²) in [5.41, 5.74) is 0.574. The molecule has 156 valence electrons. The quantitative estimate of drug-likeness (QED) is 0.500. The van der Waals surface area contributed by atoms with Crippen LogP contribution < -0.4 is 4.74 Å². The predicted octanol–water partition coefficient (Wildman–Crippen LogP) is 6.23. The van der Waals surface area contributed by atoms with Crippen LogP contribution in [0.4, 0.5) is 17.6 Å². The molecule has 1 atom stereocenters. The van der Waals surface area contributed by atoms with Crippen molar-refractivity contribution in [2.75, 3.05) is 0 Å². The number of phenols is 1. The topological polar surface area (TPSA) is 46.5 Å². The lowest BCUT2D eigenvalue weighted by molar-refractivity contribution is -0.137. The molecule has 3 nitrogen and oxygen atoms in total. The fourth-order valence-corrected chi connectivity index (χ4v) is 2.98. The average Bonchev–Trinajstić information content (AvgIpc) is 2.69. The number of hydrogen-bond donors (Lipinski definition) is 1. The normalized spacial score (nSPS) is 12.5. The lowest BCUT2D eigenvalue weighted by Crippen LogP contribution is -2.17. The van der Waals surface area contributed by atoms with Crippen molar-refractivity contribution in [2.24, 2.45) is 0 Å². The van der Waals surface area contributed by atoms with Crippen molar-refractivity contribution < 1.29 is 32.2 Å². The van der Waals surface area contributed by atoms with Crippen LogP contribution >= 0.6 is 0 Å². The lowest BCUT2D eigenvalue weighted by Gasteiger charge is -2.19. The van der Waals surface area contributed by atoms with E-state index >= 15 is 0 Å². The molecule has 0 amide bonds. The summed E-state index contributed by atoms with van der Waals surface area (Å²) in [6.45, 7) is 2.90. The number of hydrogen-bond acceptors (Lipinski definition) is 3. The third kappa shape index (κ3) is 4.62. The summed E-state index contributed by atoms with van der Waals surface area (Å²) < 4.78 is 58.5. The number of aromatic hydroxyl groups is 1. The van der Waals surface area contributed by atoms with Crippen molar-refractivity contribution in [3.8, 4) is 22.6 Å². The van der Waals surface area contributed by atoms with Gasteiger partial charge in [0.15, 0.2) is 11.9 Å². The largest absolute Gasteiger partial charge is 0.508 e. The highest BCUT2D eigenvalue weighted by molar-refractivity contribution is 5.83. The number of aryl methyl sites for hydroxylation is 1. The highest BCUT2D eigenvalue weighted by Gasteiger charge is 2.30. The summed E-state index contributed by atoms with van der Waals surface area (Å²) in [7, 11) is 0. The predicted molar refractivity (Wildman–Crippen MR) is 104 cm³/mol. The number of ether oxygens (including phenoxy) is 1. The summed E-state index contributed by atoms with van der Waals surface area (Å²) in [6.07, 6.45) is -5.72. The third-order valence-electron chi connectivity index (χ3n) is 4.62. The summed E-state index contributed by atoms with van der Waals surface area (Å²) >= 11 is 0. The van der Waals surface area contributed by atoms with E-state index < -0.39 is 29.4 Å². The van der Waals surface area contributed by atoms with E-state index in [1.165, 1.54) is 49.4 Å². The Kier molecular flexibility index (Phi) is 5.82. The summed E-state index contributed by atoms with van der Waals surface area (Å²) in [5, 5.41) is 9.63. The van der Waals surface area contributed by atoms with Gasteiger partial charge >= 0.3 is 6.18 Å². The van der Waals surface area contributed by atoms with E-state index in [1.54, 1.807) is 6.92 Å². The van der Waals surface area contributed by atoms with Gasteiger partial charge in [-0.2, -0.15) is 13.2 Å². The van der Waals surface area contributed by atoms with Gasteiger partial charge < -0.3 is 9.84 Å². The van der Waals surface area contributed by atoms with E-state index in [1.807, 2.05) is 0 Å². The monoisotopic (exact) mass is 418 g/mol. The maximum Gasteiger partial charge on any atom is 0.416 e. The first-order chi connectivity index (χ1) is 14.1. The maximum atomic E-state index is 14.5. The van der Waals surface area contributed by atoms with Crippen molar-refractivity contribution in [3.63, 3.8) is 0 Å². The molecule has 3 aromatic carbocycles. The zero-order chi connectivity index (χ0) is 22.1. The Hall–Kier alpha value is -3.35. The first-order valence-corrected chi connectivity index (χ1v) is 9.00. The molecule has 0 spiro atoms. The van der Waals surface area contributed by atoms with Crippen molar-refractivity contribution in [1.29, 1.82) is 0 Å². The van der Waals surface area contributed by atoms with Gasteiger partial charge in [-0.05, 0) is 73.0 Å². The molecular weight excluding hydrogens is 400 g/mol. The zero-order valence-electron chi connectivity index (χ0n) is 16.1. The number of benzene rings is 3. The molecule has 3 aromatic rings. The summed E-state index contributed by atoms with van der Waals surface area (Å²) in [6, 6.07) is 12.8. The number of halogens is 4. The molecule has 1 N–H and O–H groups in total. The molecule has 1 unspecified atom stereocenters. The minimum atomic E-state index is -4.46. The van der Waals surface area contributed by atoms with Crippen LogP contribution in [0.3, 0.4) is 0 Å².